The first kappa shape index (κ1) is 15.2. The Morgan fingerprint density at radius 3 is 2.48 bits per heavy atom. The van der Waals surface area contributed by atoms with E-state index in [-0.39, 0.29) is 13.0 Å². The number of halogens is 1. The van der Waals surface area contributed by atoms with Gasteiger partial charge in [0.1, 0.15) is 5.92 Å². The van der Waals surface area contributed by atoms with Crippen molar-refractivity contribution < 1.29 is 23.9 Å². The van der Waals surface area contributed by atoms with Crippen molar-refractivity contribution in [1.29, 1.82) is 0 Å². The van der Waals surface area contributed by atoms with E-state index in [2.05, 4.69) is 10.1 Å². The van der Waals surface area contributed by atoms with E-state index in [4.69, 9.17) is 11.6 Å². The first-order chi connectivity index (χ1) is 9.97. The highest BCUT2D eigenvalue weighted by Crippen LogP contribution is 2.17. The summed E-state index contributed by atoms with van der Waals surface area (Å²) >= 11 is 5.70. The molecule has 0 bridgehead atoms. The van der Waals surface area contributed by atoms with Gasteiger partial charge in [0.15, 0.2) is 5.78 Å². The molecule has 1 heterocycles. The van der Waals surface area contributed by atoms with Crippen molar-refractivity contribution in [2.45, 2.75) is 12.8 Å². The third kappa shape index (κ3) is 3.88. The summed E-state index contributed by atoms with van der Waals surface area (Å²) < 4.78 is 4.65. The zero-order valence-corrected chi connectivity index (χ0v) is 11.7. The number of benzene rings is 1. The number of ether oxygens (including phenoxy) is 1. The summed E-state index contributed by atoms with van der Waals surface area (Å²) in [6.45, 7) is 0.167. The van der Waals surface area contributed by atoms with E-state index in [9.17, 15) is 19.2 Å². The molecular weight excluding hydrogens is 298 g/mol. The maximum absolute atomic E-state index is 11.7. The van der Waals surface area contributed by atoms with Crippen molar-refractivity contribution in [2.75, 3.05) is 11.9 Å². The van der Waals surface area contributed by atoms with Gasteiger partial charge in [-0.2, -0.15) is 0 Å². The molecule has 1 aromatic carbocycles. The van der Waals surface area contributed by atoms with Crippen molar-refractivity contribution in [3.63, 3.8) is 0 Å². The van der Waals surface area contributed by atoms with Gasteiger partial charge in [-0.05, 0) is 24.3 Å². The molecule has 1 saturated heterocycles. The number of nitrogens with one attached hydrogen (secondary N) is 1. The van der Waals surface area contributed by atoms with Gasteiger partial charge in [0.25, 0.3) is 5.91 Å². The van der Waals surface area contributed by atoms with Gasteiger partial charge in [0.2, 0.25) is 5.78 Å². The topological polar surface area (TPSA) is 89.5 Å². The normalized spacial score (nSPS) is 17.2. The number of esters is 1. The Balaban J connectivity index is 1.90. The van der Waals surface area contributed by atoms with E-state index >= 15 is 0 Å². The Bertz CT molecular complexity index is 596. The molecule has 1 amide bonds. The molecule has 0 aliphatic carbocycles. The second-order valence-electron chi connectivity index (χ2n) is 4.54. The highest BCUT2D eigenvalue weighted by Gasteiger charge is 2.34. The van der Waals surface area contributed by atoms with Crippen molar-refractivity contribution in [2.24, 2.45) is 5.92 Å². The van der Waals surface area contributed by atoms with E-state index in [0.717, 1.165) is 0 Å². The van der Waals surface area contributed by atoms with Crippen molar-refractivity contribution in [1.82, 2.24) is 0 Å². The molecule has 7 heteroatoms. The van der Waals surface area contributed by atoms with Gasteiger partial charge in [-0.1, -0.05) is 11.6 Å². The number of cyclic esters (lactones) is 1. The van der Waals surface area contributed by atoms with Crippen LogP contribution in [0.15, 0.2) is 24.3 Å². The average molecular weight is 310 g/mol. The van der Waals surface area contributed by atoms with Crippen LogP contribution in [0.1, 0.15) is 12.8 Å². The maximum atomic E-state index is 11.7. The lowest BCUT2D eigenvalue weighted by Crippen LogP contribution is -2.29. The van der Waals surface area contributed by atoms with Crippen molar-refractivity contribution in [3.05, 3.63) is 29.3 Å². The standard InChI is InChI=1S/C14H12ClNO5/c15-8-1-3-9(4-2-8)16-13(19)12(18)7-11(17)10-5-6-21-14(10)20/h1-4,10H,5-7H2,(H,16,19)/t10-/m0/s1. The largest absolute Gasteiger partial charge is 0.465 e. The van der Waals surface area contributed by atoms with Crippen molar-refractivity contribution >= 4 is 40.7 Å². The molecule has 0 saturated carbocycles. The third-order valence-corrected chi connectivity index (χ3v) is 3.27. The van der Waals surface area contributed by atoms with Gasteiger partial charge < -0.3 is 10.1 Å². The predicted octanol–water partition coefficient (Wildman–Crippen LogP) is 1.37. The van der Waals surface area contributed by atoms with Gasteiger partial charge in [-0.25, -0.2) is 0 Å². The predicted molar refractivity (Wildman–Crippen MR) is 73.8 cm³/mol. The molecule has 1 aliphatic rings. The molecule has 1 aliphatic heterocycles. The smallest absolute Gasteiger partial charge is 0.316 e. The summed E-state index contributed by atoms with van der Waals surface area (Å²) in [5.74, 6) is -3.95. The van der Waals surface area contributed by atoms with Crippen LogP contribution in [0, 0.1) is 5.92 Å². The minimum atomic E-state index is -0.933. The Hall–Kier alpha value is -2.21. The zero-order chi connectivity index (χ0) is 15.4. The first-order valence-corrected chi connectivity index (χ1v) is 6.64. The number of amides is 1. The van der Waals surface area contributed by atoms with Crippen LogP contribution in [0.4, 0.5) is 5.69 Å². The quantitative estimate of drug-likeness (QED) is 0.504. The molecule has 1 atom stereocenters. The van der Waals surface area contributed by atoms with Crippen LogP contribution >= 0.6 is 11.6 Å². The second-order valence-corrected chi connectivity index (χ2v) is 4.97. The van der Waals surface area contributed by atoms with Gasteiger partial charge in [0, 0.05) is 17.1 Å². The minimum Gasteiger partial charge on any atom is -0.465 e. The lowest BCUT2D eigenvalue weighted by atomic mass is 9.98. The van der Waals surface area contributed by atoms with E-state index < -0.39 is 35.8 Å². The number of Topliss-reactive ketones (excluding diaryl/α,β-unsaturated/α-hetero) is 2. The molecule has 1 fully saturated rings. The summed E-state index contributed by atoms with van der Waals surface area (Å²) in [5, 5.41) is 2.86. The number of hydrogen-bond donors (Lipinski definition) is 1. The lowest BCUT2D eigenvalue weighted by molar-refractivity contribution is -0.145. The summed E-state index contributed by atoms with van der Waals surface area (Å²) in [5.41, 5.74) is 0.394. The SMILES string of the molecule is O=C(CC(=O)[C@@H]1CCOC1=O)C(=O)Nc1ccc(Cl)cc1. The number of rotatable bonds is 5. The summed E-state index contributed by atoms with van der Waals surface area (Å²) in [6, 6.07) is 6.18. The molecule has 0 aromatic heterocycles. The molecule has 110 valence electrons. The fourth-order valence-corrected chi connectivity index (χ4v) is 2.01. The van der Waals surface area contributed by atoms with Gasteiger partial charge in [-0.15, -0.1) is 0 Å². The summed E-state index contributed by atoms with van der Waals surface area (Å²) in [6.07, 6.45) is -0.358. The number of carbonyl (C=O) groups is 4. The fourth-order valence-electron chi connectivity index (χ4n) is 1.88. The molecule has 6 nitrogen and oxygen atoms in total. The van der Waals surface area contributed by atoms with Gasteiger partial charge in [-0.3, -0.25) is 19.2 Å². The molecule has 0 radical (unpaired) electrons. The van der Waals surface area contributed by atoms with Crippen LogP contribution in [-0.4, -0.2) is 30.0 Å². The Morgan fingerprint density at radius 1 is 1.24 bits per heavy atom. The molecule has 0 unspecified atom stereocenters. The number of carbonyl (C=O) groups excluding carboxylic acids is 4. The molecule has 1 N–H and O–H groups in total. The second kappa shape index (κ2) is 6.49. The van der Waals surface area contributed by atoms with Crippen LogP contribution in [0.2, 0.25) is 5.02 Å². The first-order valence-electron chi connectivity index (χ1n) is 6.26. The molecule has 21 heavy (non-hydrogen) atoms. The van der Waals surface area contributed by atoms with Crippen LogP contribution in [0.3, 0.4) is 0 Å². The number of hydrogen-bond acceptors (Lipinski definition) is 5. The lowest BCUT2D eigenvalue weighted by Gasteiger charge is -2.06. The Kier molecular flexibility index (Phi) is 4.70. The molecule has 0 spiro atoms. The highest BCUT2D eigenvalue weighted by molar-refractivity contribution is 6.43. The summed E-state index contributed by atoms with van der Waals surface area (Å²) in [4.78, 5) is 46.3. The van der Waals surface area contributed by atoms with Gasteiger partial charge in [0.05, 0.1) is 13.0 Å². The molecular formula is C14H12ClNO5. The Labute approximate surface area is 125 Å². The van der Waals surface area contributed by atoms with E-state index in [0.29, 0.717) is 10.7 Å². The molecule has 2 rings (SSSR count). The number of anilines is 1. The van der Waals surface area contributed by atoms with Gasteiger partial charge >= 0.3 is 5.97 Å². The molecule has 1 aromatic rings. The monoisotopic (exact) mass is 309 g/mol. The highest BCUT2D eigenvalue weighted by atomic mass is 35.5. The number of ketones is 2. The van der Waals surface area contributed by atoms with Crippen molar-refractivity contribution in [3.8, 4) is 0 Å². The zero-order valence-electron chi connectivity index (χ0n) is 10.9. The van der Waals surface area contributed by atoms with E-state index in [1.54, 1.807) is 12.1 Å². The third-order valence-electron chi connectivity index (χ3n) is 3.01. The van der Waals surface area contributed by atoms with Crippen LogP contribution in [0.5, 0.6) is 0 Å². The van der Waals surface area contributed by atoms with E-state index in [1.807, 2.05) is 0 Å². The Morgan fingerprint density at radius 2 is 1.90 bits per heavy atom. The van der Waals surface area contributed by atoms with Crippen LogP contribution in [0.25, 0.3) is 0 Å². The average Bonchev–Trinajstić information content (AvgIpc) is 2.87. The summed E-state index contributed by atoms with van der Waals surface area (Å²) in [7, 11) is 0. The maximum Gasteiger partial charge on any atom is 0.316 e. The van der Waals surface area contributed by atoms with Crippen LogP contribution < -0.4 is 5.32 Å². The van der Waals surface area contributed by atoms with Crippen LogP contribution in [-0.2, 0) is 23.9 Å². The van der Waals surface area contributed by atoms with E-state index in [1.165, 1.54) is 12.1 Å². The fraction of sp³-hybridized carbons (Fsp3) is 0.286. The minimum absolute atomic E-state index is 0.167.